The largest absolute Gasteiger partial charge is 0.506 e. The van der Waals surface area contributed by atoms with Crippen molar-refractivity contribution in [2.75, 3.05) is 0 Å². The Morgan fingerprint density at radius 1 is 1.06 bits per heavy atom. The van der Waals surface area contributed by atoms with E-state index >= 15 is 0 Å². The van der Waals surface area contributed by atoms with Crippen molar-refractivity contribution < 1.29 is 5.11 Å². The van der Waals surface area contributed by atoms with E-state index in [4.69, 9.17) is 0 Å². The van der Waals surface area contributed by atoms with E-state index in [1.165, 1.54) is 6.33 Å². The number of fused-ring (bicyclic) bond motifs is 1. The van der Waals surface area contributed by atoms with E-state index < -0.39 is 0 Å². The Balaban J connectivity index is 2.42. The molecular formula is C12H9N3O. The predicted octanol–water partition coefficient (Wildman–Crippen LogP) is 2.13. The van der Waals surface area contributed by atoms with Gasteiger partial charge in [-0.05, 0) is 11.5 Å². The van der Waals surface area contributed by atoms with Crippen LogP contribution in [0.4, 0.5) is 0 Å². The maximum atomic E-state index is 9.89. The predicted molar refractivity (Wildman–Crippen MR) is 60.5 cm³/mol. The highest BCUT2D eigenvalue weighted by Gasteiger charge is 2.08. The maximum absolute atomic E-state index is 9.89. The first-order chi connectivity index (χ1) is 7.86. The second-order valence-corrected chi connectivity index (χ2v) is 3.49. The van der Waals surface area contributed by atoms with E-state index in [2.05, 4.69) is 10.1 Å². The topological polar surface area (TPSA) is 50.9 Å². The smallest absolute Gasteiger partial charge is 0.141 e. The number of hydrogen-bond donors (Lipinski definition) is 1. The van der Waals surface area contributed by atoms with Crippen molar-refractivity contribution in [2.45, 2.75) is 0 Å². The van der Waals surface area contributed by atoms with Gasteiger partial charge >= 0.3 is 0 Å². The molecule has 4 nitrogen and oxygen atoms in total. The molecular weight excluding hydrogens is 202 g/mol. The Kier molecular flexibility index (Phi) is 1.86. The molecule has 78 valence electrons. The summed E-state index contributed by atoms with van der Waals surface area (Å²) in [5.74, 6) is 0.198. The van der Waals surface area contributed by atoms with Crippen LogP contribution in [-0.2, 0) is 0 Å². The second-order valence-electron chi connectivity index (χ2n) is 3.49. The van der Waals surface area contributed by atoms with Gasteiger partial charge < -0.3 is 5.11 Å². The van der Waals surface area contributed by atoms with E-state index in [-0.39, 0.29) is 5.75 Å². The van der Waals surface area contributed by atoms with Gasteiger partial charge in [-0.3, -0.25) is 0 Å². The van der Waals surface area contributed by atoms with E-state index in [0.29, 0.717) is 5.69 Å². The van der Waals surface area contributed by atoms with Gasteiger partial charge in [-0.1, -0.05) is 30.3 Å². The number of rotatable bonds is 1. The Bertz CT molecular complexity index is 632. The molecule has 0 saturated heterocycles. The molecule has 0 aliphatic heterocycles. The average Bonchev–Trinajstić information content (AvgIpc) is 2.82. The second kappa shape index (κ2) is 3.34. The monoisotopic (exact) mass is 211 g/mol. The van der Waals surface area contributed by atoms with Crippen molar-refractivity contribution >= 4 is 10.8 Å². The van der Waals surface area contributed by atoms with Crippen LogP contribution in [0.2, 0.25) is 0 Å². The number of aromatic nitrogens is 3. The normalized spacial score (nSPS) is 10.8. The molecule has 16 heavy (non-hydrogen) atoms. The molecule has 0 fully saturated rings. The minimum Gasteiger partial charge on any atom is -0.506 e. The Morgan fingerprint density at radius 2 is 1.94 bits per heavy atom. The highest BCUT2D eigenvalue weighted by atomic mass is 16.3. The van der Waals surface area contributed by atoms with Crippen molar-refractivity contribution in [3.8, 4) is 11.4 Å². The standard InChI is InChI=1S/C12H9N3O/c16-11-6-5-9-3-1-2-4-10(9)12(11)15-8-13-7-14-15/h1-8,16H. The number of phenols is 1. The van der Waals surface area contributed by atoms with Gasteiger partial charge in [0.2, 0.25) is 0 Å². The zero-order valence-electron chi connectivity index (χ0n) is 8.41. The zero-order valence-corrected chi connectivity index (χ0v) is 8.41. The fraction of sp³-hybridized carbons (Fsp3) is 0. The summed E-state index contributed by atoms with van der Waals surface area (Å²) in [7, 11) is 0. The highest BCUT2D eigenvalue weighted by molar-refractivity contribution is 5.92. The third-order valence-electron chi connectivity index (χ3n) is 2.53. The van der Waals surface area contributed by atoms with Crippen LogP contribution in [0.5, 0.6) is 5.75 Å². The molecule has 1 N–H and O–H groups in total. The molecule has 0 spiro atoms. The van der Waals surface area contributed by atoms with Crippen LogP contribution in [0.15, 0.2) is 49.1 Å². The van der Waals surface area contributed by atoms with Gasteiger partial charge in [0.1, 0.15) is 24.1 Å². The maximum Gasteiger partial charge on any atom is 0.141 e. The molecule has 3 aromatic rings. The molecule has 0 atom stereocenters. The fourth-order valence-electron chi connectivity index (χ4n) is 1.81. The molecule has 0 amide bonds. The highest BCUT2D eigenvalue weighted by Crippen LogP contribution is 2.29. The van der Waals surface area contributed by atoms with E-state index in [0.717, 1.165) is 10.8 Å². The third-order valence-corrected chi connectivity index (χ3v) is 2.53. The molecule has 0 unspecified atom stereocenters. The van der Waals surface area contributed by atoms with E-state index in [1.807, 2.05) is 30.3 Å². The molecule has 0 radical (unpaired) electrons. The molecule has 1 aromatic heterocycles. The summed E-state index contributed by atoms with van der Waals surface area (Å²) in [5, 5.41) is 15.9. The zero-order chi connectivity index (χ0) is 11.0. The summed E-state index contributed by atoms with van der Waals surface area (Å²) in [5.41, 5.74) is 0.663. The quantitative estimate of drug-likeness (QED) is 0.670. The lowest BCUT2D eigenvalue weighted by Crippen LogP contribution is -1.96. The Hall–Kier alpha value is -2.36. The Morgan fingerprint density at radius 3 is 2.75 bits per heavy atom. The van der Waals surface area contributed by atoms with Crippen molar-refractivity contribution in [1.82, 2.24) is 14.8 Å². The lowest BCUT2D eigenvalue weighted by Gasteiger charge is -2.07. The van der Waals surface area contributed by atoms with Gasteiger partial charge in [0.25, 0.3) is 0 Å². The van der Waals surface area contributed by atoms with Gasteiger partial charge in [-0.15, -0.1) is 0 Å². The SMILES string of the molecule is Oc1ccc2ccccc2c1-n1cncn1. The molecule has 1 heterocycles. The van der Waals surface area contributed by atoms with Crippen LogP contribution in [0, 0.1) is 0 Å². The van der Waals surface area contributed by atoms with E-state index in [9.17, 15) is 5.11 Å². The lowest BCUT2D eigenvalue weighted by atomic mass is 10.1. The van der Waals surface area contributed by atoms with Crippen molar-refractivity contribution in [2.24, 2.45) is 0 Å². The summed E-state index contributed by atoms with van der Waals surface area (Å²) in [4.78, 5) is 3.89. The number of hydrogen-bond acceptors (Lipinski definition) is 3. The molecule has 3 rings (SSSR count). The van der Waals surface area contributed by atoms with Crippen LogP contribution in [-0.4, -0.2) is 19.9 Å². The van der Waals surface area contributed by atoms with Gasteiger partial charge in [-0.25, -0.2) is 9.67 Å². The first kappa shape index (κ1) is 8.91. The first-order valence-electron chi connectivity index (χ1n) is 4.92. The minimum atomic E-state index is 0.198. The lowest BCUT2D eigenvalue weighted by molar-refractivity contribution is 0.471. The van der Waals surface area contributed by atoms with E-state index in [1.54, 1.807) is 17.1 Å². The summed E-state index contributed by atoms with van der Waals surface area (Å²) in [6, 6.07) is 11.4. The Labute approximate surface area is 91.8 Å². The summed E-state index contributed by atoms with van der Waals surface area (Å²) in [6.07, 6.45) is 3.02. The van der Waals surface area contributed by atoms with Crippen LogP contribution < -0.4 is 0 Å². The molecule has 0 bridgehead atoms. The number of aromatic hydroxyl groups is 1. The minimum absolute atomic E-state index is 0.198. The van der Waals surface area contributed by atoms with Crippen LogP contribution in [0.25, 0.3) is 16.5 Å². The van der Waals surface area contributed by atoms with Crippen molar-refractivity contribution in [1.29, 1.82) is 0 Å². The fourth-order valence-corrected chi connectivity index (χ4v) is 1.81. The molecule has 2 aromatic carbocycles. The van der Waals surface area contributed by atoms with Crippen LogP contribution in [0.1, 0.15) is 0 Å². The van der Waals surface area contributed by atoms with Gasteiger partial charge in [0.05, 0.1) is 0 Å². The number of nitrogens with zero attached hydrogens (tertiary/aromatic N) is 3. The summed E-state index contributed by atoms with van der Waals surface area (Å²) >= 11 is 0. The first-order valence-corrected chi connectivity index (χ1v) is 4.92. The number of phenolic OH excluding ortho intramolecular Hbond substituents is 1. The molecule has 0 aliphatic carbocycles. The summed E-state index contributed by atoms with van der Waals surface area (Å²) in [6.45, 7) is 0. The molecule has 4 heteroatoms. The average molecular weight is 211 g/mol. The van der Waals surface area contributed by atoms with Crippen molar-refractivity contribution in [3.63, 3.8) is 0 Å². The van der Waals surface area contributed by atoms with Crippen molar-refractivity contribution in [3.05, 3.63) is 49.1 Å². The molecule has 0 saturated carbocycles. The summed E-state index contributed by atoms with van der Waals surface area (Å²) < 4.78 is 1.57. The van der Waals surface area contributed by atoms with Gasteiger partial charge in [0.15, 0.2) is 0 Å². The number of benzene rings is 2. The van der Waals surface area contributed by atoms with Crippen LogP contribution >= 0.6 is 0 Å². The molecule has 0 aliphatic rings. The van der Waals surface area contributed by atoms with Gasteiger partial charge in [-0.2, -0.15) is 5.10 Å². The van der Waals surface area contributed by atoms with Gasteiger partial charge in [0, 0.05) is 5.39 Å². The van der Waals surface area contributed by atoms with Crippen LogP contribution in [0.3, 0.4) is 0 Å². The third kappa shape index (κ3) is 1.24.